The summed E-state index contributed by atoms with van der Waals surface area (Å²) >= 11 is 7.16. The van der Waals surface area contributed by atoms with E-state index in [-0.39, 0.29) is 5.91 Å². The zero-order valence-electron chi connectivity index (χ0n) is 8.89. The fourth-order valence-electron chi connectivity index (χ4n) is 1.36. The van der Waals surface area contributed by atoms with Crippen LogP contribution in [-0.4, -0.2) is 16.1 Å². The summed E-state index contributed by atoms with van der Waals surface area (Å²) in [5.74, 6) is -0.0678. The fourth-order valence-corrected chi connectivity index (χ4v) is 2.03. The van der Waals surface area contributed by atoms with Gasteiger partial charge in [0.05, 0.1) is 0 Å². The van der Waals surface area contributed by atoms with Gasteiger partial charge in [0.1, 0.15) is 5.51 Å². The molecule has 0 unspecified atom stereocenters. The number of hydrogen-bond acceptors (Lipinski definition) is 4. The fraction of sp³-hybridized carbons (Fsp3) is 0.182. The molecule has 2 aromatic rings. The quantitative estimate of drug-likeness (QED) is 0.927. The van der Waals surface area contributed by atoms with Crippen LogP contribution in [0.5, 0.6) is 0 Å². The normalized spacial score (nSPS) is 10.2. The molecule has 0 saturated carbocycles. The Labute approximate surface area is 108 Å². The van der Waals surface area contributed by atoms with Crippen LogP contribution >= 0.6 is 22.9 Å². The van der Waals surface area contributed by atoms with E-state index in [1.54, 1.807) is 5.51 Å². The van der Waals surface area contributed by atoms with Crippen LogP contribution in [0.3, 0.4) is 0 Å². The third-order valence-electron chi connectivity index (χ3n) is 2.14. The van der Waals surface area contributed by atoms with Crippen molar-refractivity contribution in [2.45, 2.75) is 12.8 Å². The van der Waals surface area contributed by atoms with Crippen LogP contribution in [0.2, 0.25) is 5.02 Å². The third-order valence-corrected chi connectivity index (χ3v) is 2.98. The lowest BCUT2D eigenvalue weighted by molar-refractivity contribution is -0.116. The molecule has 0 saturated heterocycles. The van der Waals surface area contributed by atoms with Gasteiger partial charge in [0.15, 0.2) is 0 Å². The molecule has 0 fully saturated rings. The maximum atomic E-state index is 11.6. The predicted octanol–water partition coefficient (Wildman–Crippen LogP) is 2.76. The van der Waals surface area contributed by atoms with Gasteiger partial charge in [-0.05, 0) is 24.1 Å². The molecule has 0 atom stereocenters. The minimum absolute atomic E-state index is 0.0678. The third kappa shape index (κ3) is 3.80. The number of aryl methyl sites for hydroxylation is 1. The summed E-state index contributed by atoms with van der Waals surface area (Å²) < 4.78 is 0. The van der Waals surface area contributed by atoms with Gasteiger partial charge < -0.3 is 5.32 Å². The highest BCUT2D eigenvalue weighted by Crippen LogP contribution is 2.13. The number of nitrogens with one attached hydrogen (secondary N) is 1. The van der Waals surface area contributed by atoms with Crippen molar-refractivity contribution in [3.05, 3.63) is 40.4 Å². The van der Waals surface area contributed by atoms with Gasteiger partial charge in [0.25, 0.3) is 0 Å². The summed E-state index contributed by atoms with van der Waals surface area (Å²) in [4.78, 5) is 11.6. The van der Waals surface area contributed by atoms with Gasteiger partial charge in [0.2, 0.25) is 11.0 Å². The van der Waals surface area contributed by atoms with Gasteiger partial charge in [-0.25, -0.2) is 0 Å². The number of rotatable bonds is 4. The topological polar surface area (TPSA) is 54.9 Å². The van der Waals surface area contributed by atoms with Crippen molar-refractivity contribution in [2.75, 3.05) is 5.32 Å². The van der Waals surface area contributed by atoms with E-state index in [1.165, 1.54) is 11.3 Å². The van der Waals surface area contributed by atoms with Crippen molar-refractivity contribution in [3.8, 4) is 0 Å². The number of benzene rings is 1. The molecule has 1 aromatic heterocycles. The Morgan fingerprint density at radius 2 is 2.35 bits per heavy atom. The molecule has 0 bridgehead atoms. The maximum Gasteiger partial charge on any atom is 0.226 e. The van der Waals surface area contributed by atoms with Gasteiger partial charge in [0, 0.05) is 11.4 Å². The molecule has 0 aliphatic heterocycles. The average molecular weight is 268 g/mol. The number of carbonyl (C=O) groups excluding carboxylic acids is 1. The average Bonchev–Trinajstić information content (AvgIpc) is 2.79. The molecule has 2 rings (SSSR count). The molecule has 1 aromatic carbocycles. The second kappa shape index (κ2) is 5.75. The van der Waals surface area contributed by atoms with Gasteiger partial charge in [-0.15, -0.1) is 10.2 Å². The minimum Gasteiger partial charge on any atom is -0.301 e. The Morgan fingerprint density at radius 1 is 1.47 bits per heavy atom. The summed E-state index contributed by atoms with van der Waals surface area (Å²) in [6.45, 7) is 0. The summed E-state index contributed by atoms with van der Waals surface area (Å²) in [5.41, 5.74) is 2.62. The van der Waals surface area contributed by atoms with Gasteiger partial charge in [-0.1, -0.05) is 35.1 Å². The Balaban J connectivity index is 1.84. The zero-order valence-corrected chi connectivity index (χ0v) is 10.5. The molecule has 0 aliphatic carbocycles. The largest absolute Gasteiger partial charge is 0.301 e. The van der Waals surface area contributed by atoms with E-state index in [1.807, 2.05) is 24.3 Å². The maximum absolute atomic E-state index is 11.6. The number of halogens is 1. The summed E-state index contributed by atoms with van der Waals surface area (Å²) in [6, 6.07) is 7.50. The van der Waals surface area contributed by atoms with Crippen LogP contribution in [0.25, 0.3) is 0 Å². The van der Waals surface area contributed by atoms with Crippen LogP contribution in [0.15, 0.2) is 29.8 Å². The first-order valence-corrected chi connectivity index (χ1v) is 6.30. The molecule has 1 amide bonds. The molecule has 17 heavy (non-hydrogen) atoms. The number of anilines is 1. The summed E-state index contributed by atoms with van der Waals surface area (Å²) in [5, 5.41) is 11.3. The van der Waals surface area contributed by atoms with E-state index in [2.05, 4.69) is 15.5 Å². The van der Waals surface area contributed by atoms with Crippen molar-refractivity contribution in [1.29, 1.82) is 0 Å². The highest BCUT2D eigenvalue weighted by atomic mass is 35.5. The van der Waals surface area contributed by atoms with Crippen LogP contribution in [0, 0.1) is 0 Å². The number of nitrogens with zero attached hydrogens (tertiary/aromatic N) is 2. The molecular weight excluding hydrogens is 258 g/mol. The second-order valence-electron chi connectivity index (χ2n) is 3.42. The second-order valence-corrected chi connectivity index (χ2v) is 4.69. The SMILES string of the molecule is O=C(CCc1cccc(Cl)c1)Nc1nncs1. The van der Waals surface area contributed by atoms with Crippen LogP contribution in [0.4, 0.5) is 5.13 Å². The van der Waals surface area contributed by atoms with E-state index in [9.17, 15) is 4.79 Å². The molecule has 0 aliphatic rings. The number of amides is 1. The van der Waals surface area contributed by atoms with E-state index < -0.39 is 0 Å². The van der Waals surface area contributed by atoms with Crippen LogP contribution < -0.4 is 5.32 Å². The van der Waals surface area contributed by atoms with Gasteiger partial charge in [-0.3, -0.25) is 4.79 Å². The van der Waals surface area contributed by atoms with Gasteiger partial charge in [-0.2, -0.15) is 0 Å². The minimum atomic E-state index is -0.0678. The Bertz CT molecular complexity index is 501. The molecule has 1 heterocycles. The van der Waals surface area contributed by atoms with Gasteiger partial charge >= 0.3 is 0 Å². The molecule has 0 spiro atoms. The first kappa shape index (κ1) is 12.0. The lowest BCUT2D eigenvalue weighted by Crippen LogP contribution is -2.12. The molecule has 1 N–H and O–H groups in total. The van der Waals surface area contributed by atoms with Crippen LogP contribution in [-0.2, 0) is 11.2 Å². The Hall–Kier alpha value is -1.46. The summed E-state index contributed by atoms with van der Waals surface area (Å²) in [6.07, 6.45) is 1.06. The highest BCUT2D eigenvalue weighted by Gasteiger charge is 2.05. The van der Waals surface area contributed by atoms with Crippen molar-refractivity contribution in [3.63, 3.8) is 0 Å². The predicted molar refractivity (Wildman–Crippen MR) is 68.3 cm³/mol. The smallest absolute Gasteiger partial charge is 0.226 e. The monoisotopic (exact) mass is 267 g/mol. The van der Waals surface area contributed by atoms with E-state index in [0.29, 0.717) is 23.0 Å². The molecule has 4 nitrogen and oxygen atoms in total. The zero-order chi connectivity index (χ0) is 12.1. The van der Waals surface area contributed by atoms with Crippen molar-refractivity contribution < 1.29 is 4.79 Å². The molecular formula is C11H10ClN3OS. The number of aromatic nitrogens is 2. The van der Waals surface area contributed by atoms with Crippen molar-refractivity contribution in [1.82, 2.24) is 10.2 Å². The highest BCUT2D eigenvalue weighted by molar-refractivity contribution is 7.13. The Morgan fingerprint density at radius 3 is 3.06 bits per heavy atom. The standard InChI is InChI=1S/C11H10ClN3OS/c12-9-3-1-2-8(6-9)4-5-10(16)14-11-15-13-7-17-11/h1-3,6-7H,4-5H2,(H,14,15,16). The molecule has 88 valence electrons. The Kier molecular flexibility index (Phi) is 4.06. The van der Waals surface area contributed by atoms with Crippen LogP contribution in [0.1, 0.15) is 12.0 Å². The molecule has 0 radical (unpaired) electrons. The van der Waals surface area contributed by atoms with Crippen molar-refractivity contribution >= 4 is 34.0 Å². The van der Waals surface area contributed by atoms with E-state index >= 15 is 0 Å². The summed E-state index contributed by atoms with van der Waals surface area (Å²) in [7, 11) is 0. The lowest BCUT2D eigenvalue weighted by Gasteiger charge is -2.02. The van der Waals surface area contributed by atoms with E-state index in [0.717, 1.165) is 5.56 Å². The number of hydrogen-bond donors (Lipinski definition) is 1. The van der Waals surface area contributed by atoms with Crippen molar-refractivity contribution in [2.24, 2.45) is 0 Å². The lowest BCUT2D eigenvalue weighted by atomic mass is 10.1. The first-order valence-electron chi connectivity index (χ1n) is 5.04. The molecule has 6 heteroatoms. The first-order chi connectivity index (χ1) is 8.24. The van der Waals surface area contributed by atoms with E-state index in [4.69, 9.17) is 11.6 Å². The number of carbonyl (C=O) groups is 1.